The van der Waals surface area contributed by atoms with Gasteiger partial charge >= 0.3 is 0 Å². The summed E-state index contributed by atoms with van der Waals surface area (Å²) in [4.78, 5) is 0. The van der Waals surface area contributed by atoms with Crippen LogP contribution in [-0.2, 0) is 11.3 Å². The van der Waals surface area contributed by atoms with Gasteiger partial charge in [-0.05, 0) is 43.5 Å². The molecule has 0 atom stereocenters. The smallest absolute Gasteiger partial charge is 0.124 e. The van der Waals surface area contributed by atoms with Crippen molar-refractivity contribution in [2.24, 2.45) is 0 Å². The lowest BCUT2D eigenvalue weighted by Crippen LogP contribution is -2.45. The van der Waals surface area contributed by atoms with E-state index in [0.717, 1.165) is 29.5 Å². The van der Waals surface area contributed by atoms with Crippen LogP contribution in [0.15, 0.2) is 22.7 Å². The van der Waals surface area contributed by atoms with Gasteiger partial charge < -0.3 is 10.1 Å². The minimum atomic E-state index is -0.197. The molecule has 2 rings (SSSR count). The molecule has 17 heavy (non-hydrogen) atoms. The first kappa shape index (κ1) is 13.0. The lowest BCUT2D eigenvalue weighted by molar-refractivity contribution is -0.0102. The summed E-state index contributed by atoms with van der Waals surface area (Å²) in [5.74, 6) is -0.197. The molecule has 1 aliphatic rings. The van der Waals surface area contributed by atoms with Gasteiger partial charge in [0.05, 0.1) is 6.10 Å². The molecule has 0 amide bonds. The van der Waals surface area contributed by atoms with E-state index in [9.17, 15) is 4.39 Å². The van der Waals surface area contributed by atoms with Crippen LogP contribution >= 0.6 is 15.9 Å². The zero-order chi connectivity index (χ0) is 12.3. The minimum absolute atomic E-state index is 0.197. The lowest BCUT2D eigenvalue weighted by Gasteiger charge is -2.35. The van der Waals surface area contributed by atoms with E-state index < -0.39 is 0 Å². The molecule has 1 fully saturated rings. The van der Waals surface area contributed by atoms with Gasteiger partial charge in [0, 0.05) is 23.7 Å². The minimum Gasteiger partial charge on any atom is -0.378 e. The van der Waals surface area contributed by atoms with Gasteiger partial charge in [-0.25, -0.2) is 4.39 Å². The van der Waals surface area contributed by atoms with E-state index in [2.05, 4.69) is 21.2 Å². The molecule has 0 radical (unpaired) electrons. The first-order valence-corrected chi connectivity index (χ1v) is 6.76. The number of rotatable bonds is 5. The van der Waals surface area contributed by atoms with E-state index >= 15 is 0 Å². The van der Waals surface area contributed by atoms with Crippen molar-refractivity contribution < 1.29 is 9.13 Å². The van der Waals surface area contributed by atoms with Crippen molar-refractivity contribution in [3.63, 3.8) is 0 Å². The maximum Gasteiger partial charge on any atom is 0.124 e. The largest absolute Gasteiger partial charge is 0.378 e. The molecule has 0 heterocycles. The molecule has 1 aromatic carbocycles. The SMILES string of the molecule is CCOC1CC(NCc2cc(F)cc(Br)c2)C1. The maximum atomic E-state index is 13.1. The highest BCUT2D eigenvalue weighted by molar-refractivity contribution is 9.10. The van der Waals surface area contributed by atoms with Gasteiger partial charge in [-0.1, -0.05) is 15.9 Å². The van der Waals surface area contributed by atoms with Crippen molar-refractivity contribution in [3.8, 4) is 0 Å². The lowest BCUT2D eigenvalue weighted by atomic mass is 9.89. The maximum absolute atomic E-state index is 13.1. The molecule has 1 saturated carbocycles. The van der Waals surface area contributed by atoms with Gasteiger partial charge in [0.2, 0.25) is 0 Å². The molecule has 0 aromatic heterocycles. The Morgan fingerprint density at radius 2 is 2.18 bits per heavy atom. The summed E-state index contributed by atoms with van der Waals surface area (Å²) < 4.78 is 19.4. The fourth-order valence-corrected chi connectivity index (χ4v) is 2.59. The first-order valence-electron chi connectivity index (χ1n) is 5.97. The number of hydrogen-bond donors (Lipinski definition) is 1. The zero-order valence-corrected chi connectivity index (χ0v) is 11.5. The molecule has 94 valence electrons. The van der Waals surface area contributed by atoms with Crippen LogP contribution in [0, 0.1) is 5.82 Å². The number of ether oxygens (including phenoxy) is 1. The number of nitrogens with one attached hydrogen (secondary N) is 1. The second-order valence-corrected chi connectivity index (χ2v) is 5.32. The average Bonchev–Trinajstić information content (AvgIpc) is 2.19. The van der Waals surface area contributed by atoms with Crippen molar-refractivity contribution in [2.45, 2.75) is 38.5 Å². The quantitative estimate of drug-likeness (QED) is 0.901. The Morgan fingerprint density at radius 3 is 2.82 bits per heavy atom. The number of hydrogen-bond acceptors (Lipinski definition) is 2. The van der Waals surface area contributed by atoms with E-state index in [-0.39, 0.29) is 5.82 Å². The van der Waals surface area contributed by atoms with E-state index in [1.54, 1.807) is 6.07 Å². The molecule has 0 unspecified atom stereocenters. The van der Waals surface area contributed by atoms with Crippen LogP contribution in [0.1, 0.15) is 25.3 Å². The van der Waals surface area contributed by atoms with Crippen LogP contribution in [0.4, 0.5) is 4.39 Å². The summed E-state index contributed by atoms with van der Waals surface area (Å²) >= 11 is 3.29. The normalized spacial score (nSPS) is 23.5. The van der Waals surface area contributed by atoms with Crippen LogP contribution in [0.25, 0.3) is 0 Å². The monoisotopic (exact) mass is 301 g/mol. The fourth-order valence-electron chi connectivity index (χ4n) is 2.08. The Morgan fingerprint density at radius 1 is 1.41 bits per heavy atom. The second kappa shape index (κ2) is 5.94. The Balaban J connectivity index is 1.76. The Hall–Kier alpha value is -0.450. The van der Waals surface area contributed by atoms with Crippen molar-refractivity contribution in [1.82, 2.24) is 5.32 Å². The predicted molar refractivity (Wildman–Crippen MR) is 69.4 cm³/mol. The molecule has 0 bridgehead atoms. The summed E-state index contributed by atoms with van der Waals surface area (Å²) in [6.45, 7) is 3.51. The highest BCUT2D eigenvalue weighted by atomic mass is 79.9. The average molecular weight is 302 g/mol. The van der Waals surface area contributed by atoms with Gasteiger partial charge in [0.15, 0.2) is 0 Å². The van der Waals surface area contributed by atoms with Gasteiger partial charge in [-0.2, -0.15) is 0 Å². The van der Waals surface area contributed by atoms with E-state index in [1.165, 1.54) is 6.07 Å². The van der Waals surface area contributed by atoms with Gasteiger partial charge in [0.1, 0.15) is 5.82 Å². The molecule has 1 aliphatic carbocycles. The first-order chi connectivity index (χ1) is 8.17. The van der Waals surface area contributed by atoms with Gasteiger partial charge in [-0.15, -0.1) is 0 Å². The molecule has 0 spiro atoms. The van der Waals surface area contributed by atoms with Crippen LogP contribution in [0.3, 0.4) is 0 Å². The van der Waals surface area contributed by atoms with Crippen molar-refractivity contribution in [1.29, 1.82) is 0 Å². The summed E-state index contributed by atoms with van der Waals surface area (Å²) in [5, 5.41) is 3.41. The van der Waals surface area contributed by atoms with Crippen LogP contribution in [0.5, 0.6) is 0 Å². The van der Waals surface area contributed by atoms with Crippen LogP contribution < -0.4 is 5.32 Å². The number of halogens is 2. The highest BCUT2D eigenvalue weighted by Gasteiger charge is 2.28. The van der Waals surface area contributed by atoms with Crippen molar-refractivity contribution >= 4 is 15.9 Å². The van der Waals surface area contributed by atoms with Crippen LogP contribution in [-0.4, -0.2) is 18.8 Å². The van der Waals surface area contributed by atoms with E-state index in [0.29, 0.717) is 18.7 Å². The third-order valence-corrected chi connectivity index (χ3v) is 3.47. The summed E-state index contributed by atoms with van der Waals surface area (Å²) in [7, 11) is 0. The third-order valence-electron chi connectivity index (χ3n) is 3.01. The Labute approximate surface area is 110 Å². The zero-order valence-electron chi connectivity index (χ0n) is 9.88. The molecular formula is C13H17BrFNO. The molecule has 1 aromatic rings. The predicted octanol–water partition coefficient (Wildman–Crippen LogP) is 3.25. The van der Waals surface area contributed by atoms with Crippen molar-refractivity contribution in [2.75, 3.05) is 6.61 Å². The molecule has 4 heteroatoms. The molecule has 0 saturated heterocycles. The molecule has 2 nitrogen and oxygen atoms in total. The van der Waals surface area contributed by atoms with Crippen molar-refractivity contribution in [3.05, 3.63) is 34.1 Å². The van der Waals surface area contributed by atoms with Crippen LogP contribution in [0.2, 0.25) is 0 Å². The Bertz CT molecular complexity index is 359. The fraction of sp³-hybridized carbons (Fsp3) is 0.538. The summed E-state index contributed by atoms with van der Waals surface area (Å²) in [5.41, 5.74) is 0.969. The third kappa shape index (κ3) is 3.76. The highest BCUT2D eigenvalue weighted by Crippen LogP contribution is 2.24. The molecular weight excluding hydrogens is 285 g/mol. The molecule has 0 aliphatic heterocycles. The van der Waals surface area contributed by atoms with E-state index in [4.69, 9.17) is 4.74 Å². The van der Waals surface area contributed by atoms with Gasteiger partial charge in [-0.3, -0.25) is 0 Å². The topological polar surface area (TPSA) is 21.3 Å². The summed E-state index contributed by atoms with van der Waals surface area (Å²) in [6.07, 6.45) is 2.53. The summed E-state index contributed by atoms with van der Waals surface area (Å²) in [6, 6.07) is 5.48. The Kier molecular flexibility index (Phi) is 4.54. The van der Waals surface area contributed by atoms with Gasteiger partial charge in [0.25, 0.3) is 0 Å². The molecule has 1 N–H and O–H groups in total. The second-order valence-electron chi connectivity index (χ2n) is 4.40. The van der Waals surface area contributed by atoms with E-state index in [1.807, 2.05) is 13.0 Å². The number of benzene rings is 1. The standard InChI is InChI=1S/C13H17BrFNO/c1-2-17-13-6-12(7-13)16-8-9-3-10(14)5-11(15)4-9/h3-5,12-13,16H,2,6-8H2,1H3.